The van der Waals surface area contributed by atoms with Gasteiger partial charge >= 0.3 is 5.97 Å². The number of hydrogen-bond acceptors (Lipinski definition) is 4. The zero-order chi connectivity index (χ0) is 11.7. The van der Waals surface area contributed by atoms with Crippen LogP contribution in [0, 0.1) is 6.92 Å². The monoisotopic (exact) mass is 219 g/mol. The molecule has 1 aromatic carbocycles. The summed E-state index contributed by atoms with van der Waals surface area (Å²) in [5, 5.41) is 0. The van der Waals surface area contributed by atoms with Gasteiger partial charge in [-0.15, -0.1) is 0 Å². The van der Waals surface area contributed by atoms with Crippen molar-refractivity contribution in [3.8, 4) is 0 Å². The number of anilines is 1. The van der Waals surface area contributed by atoms with Gasteiger partial charge < -0.3 is 10.5 Å². The van der Waals surface area contributed by atoms with Gasteiger partial charge in [-0.05, 0) is 18.6 Å². The molecule has 2 N–H and O–H groups in total. The maximum absolute atomic E-state index is 11.3. The molecule has 0 aliphatic carbocycles. The average Bonchev–Trinajstić information content (AvgIpc) is 2.56. The molecule has 0 radical (unpaired) electrons. The van der Waals surface area contributed by atoms with E-state index in [4.69, 9.17) is 5.73 Å². The number of benzene rings is 1. The highest BCUT2D eigenvalue weighted by molar-refractivity contribution is 5.83. The first-order chi connectivity index (χ1) is 7.63. The predicted molar refractivity (Wildman–Crippen MR) is 60.9 cm³/mol. The zero-order valence-corrected chi connectivity index (χ0v) is 9.23. The number of carbonyl (C=O) groups is 1. The van der Waals surface area contributed by atoms with Gasteiger partial charge in [0.05, 0.1) is 18.1 Å². The summed E-state index contributed by atoms with van der Waals surface area (Å²) >= 11 is 0. The Morgan fingerprint density at radius 2 is 2.31 bits per heavy atom. The number of para-hydroxylation sites is 1. The minimum atomic E-state index is -0.339. The standard InChI is InChI=1S/C11H13N3O2/c1-7-4-3-5-8-10(7)14(11(12)13-8)6-9(15)16-2/h3-5H,6H2,1-2H3,(H2,12,13). The predicted octanol–water partition coefficient (Wildman–Crippen LogP) is 1.10. The molecular weight excluding hydrogens is 206 g/mol. The van der Waals surface area contributed by atoms with Gasteiger partial charge in [0.15, 0.2) is 0 Å². The van der Waals surface area contributed by atoms with E-state index in [2.05, 4.69) is 9.72 Å². The lowest BCUT2D eigenvalue weighted by atomic mass is 10.2. The number of carbonyl (C=O) groups excluding carboxylic acids is 1. The number of nitrogens with two attached hydrogens (primary N) is 1. The molecule has 0 spiro atoms. The molecule has 0 aliphatic rings. The molecule has 0 fully saturated rings. The highest BCUT2D eigenvalue weighted by Gasteiger charge is 2.12. The molecule has 84 valence electrons. The van der Waals surface area contributed by atoms with E-state index >= 15 is 0 Å². The molecule has 1 aromatic heterocycles. The van der Waals surface area contributed by atoms with Gasteiger partial charge in [0.2, 0.25) is 5.95 Å². The number of rotatable bonds is 2. The molecule has 2 rings (SSSR count). The molecule has 0 aliphatic heterocycles. The highest BCUT2D eigenvalue weighted by Crippen LogP contribution is 2.21. The van der Waals surface area contributed by atoms with Crippen molar-refractivity contribution >= 4 is 23.0 Å². The third kappa shape index (κ3) is 1.60. The molecule has 2 aromatic rings. The SMILES string of the molecule is COC(=O)Cn1c(N)nc2cccc(C)c21. The van der Waals surface area contributed by atoms with Crippen LogP contribution in [0.25, 0.3) is 11.0 Å². The smallest absolute Gasteiger partial charge is 0.325 e. The van der Waals surface area contributed by atoms with E-state index < -0.39 is 0 Å². The number of nitrogen functional groups attached to an aromatic ring is 1. The van der Waals surface area contributed by atoms with E-state index in [1.807, 2.05) is 25.1 Å². The van der Waals surface area contributed by atoms with Crippen molar-refractivity contribution in [3.63, 3.8) is 0 Å². The summed E-state index contributed by atoms with van der Waals surface area (Å²) in [6.45, 7) is 2.04. The zero-order valence-electron chi connectivity index (χ0n) is 9.23. The lowest BCUT2D eigenvalue weighted by Gasteiger charge is -2.06. The fraction of sp³-hybridized carbons (Fsp3) is 0.273. The molecule has 1 heterocycles. The van der Waals surface area contributed by atoms with E-state index in [0.29, 0.717) is 5.95 Å². The summed E-state index contributed by atoms with van der Waals surface area (Å²) in [4.78, 5) is 15.5. The molecule has 16 heavy (non-hydrogen) atoms. The summed E-state index contributed by atoms with van der Waals surface area (Å²) < 4.78 is 6.29. The Balaban J connectivity index is 2.59. The van der Waals surface area contributed by atoms with Gasteiger partial charge in [0.25, 0.3) is 0 Å². The third-order valence-corrected chi connectivity index (χ3v) is 2.51. The van der Waals surface area contributed by atoms with Crippen molar-refractivity contribution in [1.82, 2.24) is 9.55 Å². The molecule has 0 bridgehead atoms. The summed E-state index contributed by atoms with van der Waals surface area (Å²) in [6.07, 6.45) is 0. The number of imidazole rings is 1. The summed E-state index contributed by atoms with van der Waals surface area (Å²) in [6, 6.07) is 5.73. The van der Waals surface area contributed by atoms with Crippen LogP contribution in [0.15, 0.2) is 18.2 Å². The number of fused-ring (bicyclic) bond motifs is 1. The van der Waals surface area contributed by atoms with Gasteiger partial charge in [0, 0.05) is 0 Å². The van der Waals surface area contributed by atoms with E-state index in [1.54, 1.807) is 4.57 Å². The van der Waals surface area contributed by atoms with E-state index in [9.17, 15) is 4.79 Å². The van der Waals surface area contributed by atoms with E-state index in [0.717, 1.165) is 16.6 Å². The van der Waals surface area contributed by atoms with Crippen LogP contribution in [-0.2, 0) is 16.1 Å². The number of esters is 1. The summed E-state index contributed by atoms with van der Waals surface area (Å²) in [7, 11) is 1.35. The van der Waals surface area contributed by atoms with Crippen LogP contribution >= 0.6 is 0 Å². The molecular formula is C11H13N3O2. The number of aryl methyl sites for hydroxylation is 1. The van der Waals surface area contributed by atoms with E-state index in [-0.39, 0.29) is 12.5 Å². The normalized spacial score (nSPS) is 10.6. The third-order valence-electron chi connectivity index (χ3n) is 2.51. The average molecular weight is 219 g/mol. The lowest BCUT2D eigenvalue weighted by molar-refractivity contribution is -0.141. The molecule has 0 amide bonds. The number of nitrogens with zero attached hydrogens (tertiary/aromatic N) is 2. The minimum absolute atomic E-state index is 0.0870. The first kappa shape index (κ1) is 10.5. The van der Waals surface area contributed by atoms with Gasteiger partial charge in [-0.25, -0.2) is 4.98 Å². The Kier molecular flexibility index (Phi) is 2.52. The molecule has 0 atom stereocenters. The first-order valence-corrected chi connectivity index (χ1v) is 4.91. The topological polar surface area (TPSA) is 70.1 Å². The van der Waals surface area contributed by atoms with Crippen molar-refractivity contribution in [2.24, 2.45) is 0 Å². The maximum Gasteiger partial charge on any atom is 0.325 e. The van der Waals surface area contributed by atoms with Crippen LogP contribution in [0.4, 0.5) is 5.95 Å². The largest absolute Gasteiger partial charge is 0.468 e. The number of ether oxygens (including phenoxy) is 1. The van der Waals surface area contributed by atoms with Gasteiger partial charge in [-0.3, -0.25) is 9.36 Å². The molecule has 0 saturated carbocycles. The van der Waals surface area contributed by atoms with Crippen LogP contribution < -0.4 is 5.73 Å². The van der Waals surface area contributed by atoms with Crippen LogP contribution in [0.2, 0.25) is 0 Å². The molecule has 0 unspecified atom stereocenters. The molecule has 5 heteroatoms. The molecule has 0 saturated heterocycles. The second kappa shape index (κ2) is 3.84. The summed E-state index contributed by atoms with van der Waals surface area (Å²) in [5.74, 6) is -0.0102. The van der Waals surface area contributed by atoms with Gasteiger partial charge in [-0.1, -0.05) is 12.1 Å². The van der Waals surface area contributed by atoms with Crippen molar-refractivity contribution in [3.05, 3.63) is 23.8 Å². The number of methoxy groups -OCH3 is 1. The van der Waals surface area contributed by atoms with Gasteiger partial charge in [0.1, 0.15) is 6.54 Å². The van der Waals surface area contributed by atoms with Gasteiger partial charge in [-0.2, -0.15) is 0 Å². The Hall–Kier alpha value is -2.04. The van der Waals surface area contributed by atoms with Crippen LogP contribution in [-0.4, -0.2) is 22.6 Å². The second-order valence-corrected chi connectivity index (χ2v) is 3.57. The van der Waals surface area contributed by atoms with Crippen LogP contribution in [0.5, 0.6) is 0 Å². The second-order valence-electron chi connectivity index (χ2n) is 3.57. The minimum Gasteiger partial charge on any atom is -0.468 e. The molecule has 5 nitrogen and oxygen atoms in total. The fourth-order valence-corrected chi connectivity index (χ4v) is 1.74. The van der Waals surface area contributed by atoms with Crippen molar-refractivity contribution in [2.75, 3.05) is 12.8 Å². The Morgan fingerprint density at radius 3 is 3.00 bits per heavy atom. The first-order valence-electron chi connectivity index (χ1n) is 4.91. The fourth-order valence-electron chi connectivity index (χ4n) is 1.74. The quantitative estimate of drug-likeness (QED) is 0.768. The Labute approximate surface area is 92.8 Å². The van der Waals surface area contributed by atoms with Crippen LogP contribution in [0.1, 0.15) is 5.56 Å². The van der Waals surface area contributed by atoms with Crippen molar-refractivity contribution in [1.29, 1.82) is 0 Å². The maximum atomic E-state index is 11.3. The Bertz CT molecular complexity index is 545. The number of aromatic nitrogens is 2. The van der Waals surface area contributed by atoms with E-state index in [1.165, 1.54) is 7.11 Å². The summed E-state index contributed by atoms with van der Waals surface area (Å²) in [5.41, 5.74) is 8.48. The number of hydrogen-bond donors (Lipinski definition) is 1. The van der Waals surface area contributed by atoms with Crippen molar-refractivity contribution < 1.29 is 9.53 Å². The Morgan fingerprint density at radius 1 is 1.56 bits per heavy atom. The lowest BCUT2D eigenvalue weighted by Crippen LogP contribution is -2.13. The highest BCUT2D eigenvalue weighted by atomic mass is 16.5. The van der Waals surface area contributed by atoms with Crippen LogP contribution in [0.3, 0.4) is 0 Å². The van der Waals surface area contributed by atoms with Crippen molar-refractivity contribution in [2.45, 2.75) is 13.5 Å².